The molecular weight excluding hydrogens is 432 g/mol. The Balaban J connectivity index is 1.71. The highest BCUT2D eigenvalue weighted by atomic mass is 32.2. The van der Waals surface area contributed by atoms with Crippen molar-refractivity contribution in [2.24, 2.45) is 5.92 Å². The van der Waals surface area contributed by atoms with Crippen molar-refractivity contribution < 1.29 is 27.4 Å². The van der Waals surface area contributed by atoms with E-state index in [4.69, 9.17) is 14.2 Å². The number of aryl methyl sites for hydroxylation is 1. The fourth-order valence-corrected chi connectivity index (χ4v) is 5.57. The topological polar surface area (TPSA) is 94.2 Å². The molecule has 1 N–H and O–H groups in total. The number of carbonyl (C=O) groups is 1. The Morgan fingerprint density at radius 1 is 1.06 bits per heavy atom. The molecule has 174 valence electrons. The molecule has 2 aromatic carbocycles. The van der Waals surface area contributed by atoms with Gasteiger partial charge in [0.25, 0.3) is 0 Å². The molecular formula is C23H30N2O6S. The van der Waals surface area contributed by atoms with E-state index in [1.165, 1.54) is 4.31 Å². The van der Waals surface area contributed by atoms with Crippen molar-refractivity contribution in [3.63, 3.8) is 0 Å². The van der Waals surface area contributed by atoms with Crippen LogP contribution in [-0.4, -0.2) is 53.0 Å². The number of hydrogen-bond donors (Lipinski definition) is 1. The lowest BCUT2D eigenvalue weighted by Crippen LogP contribution is -2.45. The summed E-state index contributed by atoms with van der Waals surface area (Å²) in [5, 5.41) is 2.92. The van der Waals surface area contributed by atoms with E-state index in [9.17, 15) is 13.2 Å². The number of amides is 1. The van der Waals surface area contributed by atoms with Crippen LogP contribution in [0.1, 0.15) is 24.0 Å². The predicted molar refractivity (Wildman–Crippen MR) is 121 cm³/mol. The number of nitrogens with one attached hydrogen (secondary N) is 1. The molecule has 0 unspecified atom stereocenters. The van der Waals surface area contributed by atoms with Crippen molar-refractivity contribution in [3.8, 4) is 17.2 Å². The number of methoxy groups -OCH3 is 3. The van der Waals surface area contributed by atoms with Gasteiger partial charge in [-0.25, -0.2) is 8.42 Å². The van der Waals surface area contributed by atoms with Crippen LogP contribution < -0.4 is 19.5 Å². The molecule has 1 amide bonds. The monoisotopic (exact) mass is 462 g/mol. The molecule has 9 heteroatoms. The zero-order chi connectivity index (χ0) is 23.3. The van der Waals surface area contributed by atoms with Gasteiger partial charge in [0, 0.05) is 13.1 Å². The summed E-state index contributed by atoms with van der Waals surface area (Å²) in [5.41, 5.74) is 1.48. The maximum absolute atomic E-state index is 13.2. The molecule has 3 rings (SSSR count). The van der Waals surface area contributed by atoms with Crippen LogP contribution in [0.2, 0.25) is 0 Å². The first-order valence-corrected chi connectivity index (χ1v) is 11.9. The van der Waals surface area contributed by atoms with Gasteiger partial charge >= 0.3 is 0 Å². The minimum Gasteiger partial charge on any atom is -0.496 e. The summed E-state index contributed by atoms with van der Waals surface area (Å²) in [6.07, 6.45) is 1.24. The van der Waals surface area contributed by atoms with Crippen LogP contribution in [0.15, 0.2) is 41.3 Å². The third-order valence-electron chi connectivity index (χ3n) is 5.73. The second-order valence-electron chi connectivity index (χ2n) is 7.69. The molecule has 1 aliphatic heterocycles. The molecule has 8 nitrogen and oxygen atoms in total. The van der Waals surface area contributed by atoms with Gasteiger partial charge in [0.15, 0.2) is 0 Å². The van der Waals surface area contributed by atoms with Crippen molar-refractivity contribution in [3.05, 3.63) is 47.5 Å². The van der Waals surface area contributed by atoms with E-state index in [-0.39, 0.29) is 23.9 Å². The van der Waals surface area contributed by atoms with Crippen LogP contribution in [0.4, 0.5) is 0 Å². The SMILES string of the molecule is COc1ccc(S(=O)(=O)N2CCC[C@@H](C(=O)NCc3c(OC)cccc3OC)C2)cc1C. The zero-order valence-corrected chi connectivity index (χ0v) is 19.7. The second-order valence-corrected chi connectivity index (χ2v) is 9.63. The molecule has 1 aliphatic rings. The van der Waals surface area contributed by atoms with Gasteiger partial charge < -0.3 is 19.5 Å². The van der Waals surface area contributed by atoms with Crippen LogP contribution in [-0.2, 0) is 21.4 Å². The van der Waals surface area contributed by atoms with E-state index in [1.54, 1.807) is 58.6 Å². The first-order chi connectivity index (χ1) is 15.3. The van der Waals surface area contributed by atoms with E-state index in [1.807, 2.05) is 6.07 Å². The lowest BCUT2D eigenvalue weighted by atomic mass is 9.98. The quantitative estimate of drug-likeness (QED) is 0.648. The Bertz CT molecular complexity index is 1050. The number of nitrogens with zero attached hydrogens (tertiary/aromatic N) is 1. The maximum Gasteiger partial charge on any atom is 0.243 e. The normalized spacial score (nSPS) is 16.9. The number of hydrogen-bond acceptors (Lipinski definition) is 6. The molecule has 0 bridgehead atoms. The molecule has 1 heterocycles. The van der Waals surface area contributed by atoms with Crippen molar-refractivity contribution in [1.29, 1.82) is 0 Å². The first-order valence-electron chi connectivity index (χ1n) is 10.4. The van der Waals surface area contributed by atoms with E-state index < -0.39 is 15.9 Å². The summed E-state index contributed by atoms with van der Waals surface area (Å²) in [4.78, 5) is 13.1. The minimum absolute atomic E-state index is 0.141. The minimum atomic E-state index is -3.71. The second kappa shape index (κ2) is 10.2. The summed E-state index contributed by atoms with van der Waals surface area (Å²) < 4.78 is 43.7. The Morgan fingerprint density at radius 3 is 2.31 bits per heavy atom. The van der Waals surface area contributed by atoms with E-state index in [0.717, 1.165) is 11.1 Å². The molecule has 32 heavy (non-hydrogen) atoms. The van der Waals surface area contributed by atoms with Gasteiger partial charge in [-0.3, -0.25) is 4.79 Å². The number of piperidine rings is 1. The number of benzene rings is 2. The zero-order valence-electron chi connectivity index (χ0n) is 18.9. The number of ether oxygens (including phenoxy) is 3. The van der Waals surface area contributed by atoms with Gasteiger partial charge in [-0.1, -0.05) is 6.07 Å². The summed E-state index contributed by atoms with van der Waals surface area (Å²) in [6, 6.07) is 10.2. The Kier molecular flexibility index (Phi) is 7.63. The average molecular weight is 463 g/mol. The largest absolute Gasteiger partial charge is 0.496 e. The van der Waals surface area contributed by atoms with Crippen LogP contribution >= 0.6 is 0 Å². The molecule has 0 aliphatic carbocycles. The lowest BCUT2D eigenvalue weighted by Gasteiger charge is -2.31. The molecule has 0 spiro atoms. The van der Waals surface area contributed by atoms with Crippen LogP contribution in [0.25, 0.3) is 0 Å². The van der Waals surface area contributed by atoms with Crippen LogP contribution in [0.5, 0.6) is 17.2 Å². The molecule has 2 aromatic rings. The van der Waals surface area contributed by atoms with Gasteiger partial charge in [0.2, 0.25) is 15.9 Å². The fraction of sp³-hybridized carbons (Fsp3) is 0.435. The highest BCUT2D eigenvalue weighted by Gasteiger charge is 2.33. The Labute approximate surface area is 189 Å². The third-order valence-corrected chi connectivity index (χ3v) is 7.59. The van der Waals surface area contributed by atoms with Crippen molar-refractivity contribution >= 4 is 15.9 Å². The molecule has 1 saturated heterocycles. The summed E-state index contributed by atoms with van der Waals surface area (Å²) in [6.45, 7) is 2.56. The van der Waals surface area contributed by atoms with Crippen molar-refractivity contribution in [2.75, 3.05) is 34.4 Å². The Morgan fingerprint density at radius 2 is 1.72 bits per heavy atom. The average Bonchev–Trinajstić information content (AvgIpc) is 2.82. The van der Waals surface area contributed by atoms with E-state index >= 15 is 0 Å². The van der Waals surface area contributed by atoms with Gasteiger partial charge in [0.1, 0.15) is 17.2 Å². The highest BCUT2D eigenvalue weighted by molar-refractivity contribution is 7.89. The predicted octanol–water partition coefficient (Wildman–Crippen LogP) is 2.74. The molecule has 1 atom stereocenters. The molecule has 0 aromatic heterocycles. The highest BCUT2D eigenvalue weighted by Crippen LogP contribution is 2.29. The molecule has 0 saturated carbocycles. The number of sulfonamides is 1. The first kappa shape index (κ1) is 23.9. The molecule has 1 fully saturated rings. The van der Waals surface area contributed by atoms with Gasteiger partial charge in [-0.2, -0.15) is 4.31 Å². The van der Waals surface area contributed by atoms with E-state index in [2.05, 4.69) is 5.32 Å². The van der Waals surface area contributed by atoms with Gasteiger partial charge in [-0.15, -0.1) is 0 Å². The standard InChI is InChI=1S/C23H30N2O6S/c1-16-13-18(10-11-20(16)29-2)32(27,28)25-12-6-7-17(15-25)23(26)24-14-19-21(30-3)8-5-9-22(19)31-4/h5,8-11,13,17H,6-7,12,14-15H2,1-4H3,(H,24,26)/t17-/m1/s1. The van der Waals surface area contributed by atoms with Crippen LogP contribution in [0, 0.1) is 12.8 Å². The smallest absolute Gasteiger partial charge is 0.243 e. The summed E-state index contributed by atoms with van der Waals surface area (Å²) >= 11 is 0. The fourth-order valence-electron chi connectivity index (χ4n) is 3.96. The van der Waals surface area contributed by atoms with Crippen molar-refractivity contribution in [1.82, 2.24) is 9.62 Å². The van der Waals surface area contributed by atoms with Gasteiger partial charge in [-0.05, 0) is 55.7 Å². The van der Waals surface area contributed by atoms with E-state index in [0.29, 0.717) is 36.6 Å². The van der Waals surface area contributed by atoms with Crippen LogP contribution in [0.3, 0.4) is 0 Å². The maximum atomic E-state index is 13.2. The van der Waals surface area contributed by atoms with Crippen molar-refractivity contribution in [2.45, 2.75) is 31.2 Å². The Hall–Kier alpha value is -2.78. The molecule has 0 radical (unpaired) electrons. The number of carbonyl (C=O) groups excluding carboxylic acids is 1. The lowest BCUT2D eigenvalue weighted by molar-refractivity contribution is -0.126. The summed E-state index contributed by atoms with van der Waals surface area (Å²) in [5.74, 6) is 1.24. The third kappa shape index (κ3) is 4.99. The van der Waals surface area contributed by atoms with Gasteiger partial charge in [0.05, 0.1) is 44.3 Å². The summed E-state index contributed by atoms with van der Waals surface area (Å²) in [7, 11) is 0.961. The number of rotatable bonds is 8.